The fourth-order valence-corrected chi connectivity index (χ4v) is 3.38. The summed E-state index contributed by atoms with van der Waals surface area (Å²) in [5.74, 6) is 0. The SMILES string of the molecule is CCCNC(C)CC(C)(C)c1c(Br)cnn1C. The summed E-state index contributed by atoms with van der Waals surface area (Å²) in [5, 5.41) is 7.85. The fraction of sp³-hybridized carbons (Fsp3) is 0.769. The van der Waals surface area contributed by atoms with Crippen LogP contribution in [0.1, 0.15) is 46.2 Å². The highest BCUT2D eigenvalue weighted by atomic mass is 79.9. The molecule has 0 aliphatic heterocycles. The molecule has 0 fully saturated rings. The Balaban J connectivity index is 2.74. The molecule has 3 nitrogen and oxygen atoms in total. The monoisotopic (exact) mass is 301 g/mol. The van der Waals surface area contributed by atoms with Crippen molar-refractivity contribution in [2.45, 2.75) is 52.0 Å². The Hall–Kier alpha value is -0.350. The number of rotatable bonds is 6. The zero-order valence-electron chi connectivity index (χ0n) is 11.5. The molecule has 1 atom stereocenters. The number of aryl methyl sites for hydroxylation is 1. The van der Waals surface area contributed by atoms with E-state index in [1.54, 1.807) is 0 Å². The molecule has 0 aliphatic carbocycles. The lowest BCUT2D eigenvalue weighted by Gasteiger charge is -2.29. The maximum atomic E-state index is 4.30. The van der Waals surface area contributed by atoms with Gasteiger partial charge in [0.1, 0.15) is 0 Å². The van der Waals surface area contributed by atoms with Gasteiger partial charge in [0.05, 0.1) is 16.4 Å². The van der Waals surface area contributed by atoms with E-state index >= 15 is 0 Å². The Bertz CT molecular complexity index is 338. The van der Waals surface area contributed by atoms with Crippen molar-refractivity contribution in [2.24, 2.45) is 7.05 Å². The van der Waals surface area contributed by atoms with E-state index in [0.29, 0.717) is 6.04 Å². The molecule has 0 saturated heterocycles. The minimum Gasteiger partial charge on any atom is -0.314 e. The molecule has 1 aromatic rings. The molecule has 0 saturated carbocycles. The number of aromatic nitrogens is 2. The zero-order chi connectivity index (χ0) is 13.1. The molecule has 1 heterocycles. The first-order valence-corrected chi connectivity index (χ1v) is 7.09. The van der Waals surface area contributed by atoms with Crippen LogP contribution in [0.15, 0.2) is 10.7 Å². The molecule has 1 aromatic heterocycles. The number of halogens is 1. The average molecular weight is 302 g/mol. The van der Waals surface area contributed by atoms with Crippen LogP contribution in [-0.2, 0) is 12.5 Å². The molecule has 0 aliphatic rings. The number of hydrogen-bond donors (Lipinski definition) is 1. The summed E-state index contributed by atoms with van der Waals surface area (Å²) in [4.78, 5) is 0. The largest absolute Gasteiger partial charge is 0.314 e. The summed E-state index contributed by atoms with van der Waals surface area (Å²) in [7, 11) is 2.01. The minimum atomic E-state index is 0.115. The maximum Gasteiger partial charge on any atom is 0.0635 e. The van der Waals surface area contributed by atoms with Gasteiger partial charge in [-0.1, -0.05) is 20.8 Å². The van der Waals surface area contributed by atoms with Crippen molar-refractivity contribution in [3.8, 4) is 0 Å². The zero-order valence-corrected chi connectivity index (χ0v) is 13.1. The number of nitrogens with zero attached hydrogens (tertiary/aromatic N) is 2. The highest BCUT2D eigenvalue weighted by molar-refractivity contribution is 9.10. The Morgan fingerprint density at radius 3 is 2.65 bits per heavy atom. The highest BCUT2D eigenvalue weighted by Gasteiger charge is 2.28. The molecule has 0 aromatic carbocycles. The molecular weight excluding hydrogens is 278 g/mol. The lowest BCUT2D eigenvalue weighted by atomic mass is 9.82. The molecule has 4 heteroatoms. The van der Waals surface area contributed by atoms with E-state index in [2.05, 4.69) is 54.0 Å². The fourth-order valence-electron chi connectivity index (χ4n) is 2.50. The van der Waals surface area contributed by atoms with E-state index in [1.807, 2.05) is 17.9 Å². The van der Waals surface area contributed by atoms with Crippen LogP contribution < -0.4 is 5.32 Å². The van der Waals surface area contributed by atoms with Crippen molar-refractivity contribution in [2.75, 3.05) is 6.54 Å². The van der Waals surface area contributed by atoms with Gasteiger partial charge in [-0.3, -0.25) is 4.68 Å². The van der Waals surface area contributed by atoms with Crippen LogP contribution in [0.3, 0.4) is 0 Å². The van der Waals surface area contributed by atoms with Gasteiger partial charge in [-0.25, -0.2) is 0 Å². The molecule has 0 amide bonds. The van der Waals surface area contributed by atoms with Crippen LogP contribution in [-0.4, -0.2) is 22.4 Å². The van der Waals surface area contributed by atoms with E-state index < -0.39 is 0 Å². The molecule has 0 radical (unpaired) electrons. The van der Waals surface area contributed by atoms with Crippen LogP contribution in [0.25, 0.3) is 0 Å². The van der Waals surface area contributed by atoms with Crippen molar-refractivity contribution in [3.05, 3.63) is 16.4 Å². The van der Waals surface area contributed by atoms with E-state index in [-0.39, 0.29) is 5.41 Å². The minimum absolute atomic E-state index is 0.115. The van der Waals surface area contributed by atoms with Crippen LogP contribution in [0, 0.1) is 0 Å². The van der Waals surface area contributed by atoms with Crippen LogP contribution in [0.4, 0.5) is 0 Å². The lowest BCUT2D eigenvalue weighted by Crippen LogP contribution is -2.34. The van der Waals surface area contributed by atoms with E-state index in [4.69, 9.17) is 0 Å². The van der Waals surface area contributed by atoms with Crippen molar-refractivity contribution >= 4 is 15.9 Å². The summed E-state index contributed by atoms with van der Waals surface area (Å²) >= 11 is 3.59. The Morgan fingerprint density at radius 1 is 1.53 bits per heavy atom. The van der Waals surface area contributed by atoms with E-state index in [9.17, 15) is 0 Å². The van der Waals surface area contributed by atoms with Gasteiger partial charge in [-0.05, 0) is 42.2 Å². The molecule has 1 rings (SSSR count). The van der Waals surface area contributed by atoms with Gasteiger partial charge in [0.15, 0.2) is 0 Å². The van der Waals surface area contributed by atoms with Gasteiger partial charge >= 0.3 is 0 Å². The molecular formula is C13H24BrN3. The Labute approximate surface area is 113 Å². The van der Waals surface area contributed by atoms with E-state index in [1.165, 1.54) is 12.1 Å². The lowest BCUT2D eigenvalue weighted by molar-refractivity contribution is 0.369. The smallest absolute Gasteiger partial charge is 0.0635 e. The third-order valence-electron chi connectivity index (χ3n) is 3.09. The topological polar surface area (TPSA) is 29.9 Å². The third kappa shape index (κ3) is 3.81. The van der Waals surface area contributed by atoms with Crippen molar-refractivity contribution in [1.82, 2.24) is 15.1 Å². The second kappa shape index (κ2) is 6.01. The first kappa shape index (κ1) is 14.7. The van der Waals surface area contributed by atoms with Crippen molar-refractivity contribution < 1.29 is 0 Å². The van der Waals surface area contributed by atoms with Crippen molar-refractivity contribution in [1.29, 1.82) is 0 Å². The predicted octanol–water partition coefficient (Wildman–Crippen LogP) is 3.24. The van der Waals surface area contributed by atoms with Crippen molar-refractivity contribution in [3.63, 3.8) is 0 Å². The van der Waals surface area contributed by atoms with E-state index in [0.717, 1.165) is 17.4 Å². The van der Waals surface area contributed by atoms with Crippen LogP contribution in [0.5, 0.6) is 0 Å². The third-order valence-corrected chi connectivity index (χ3v) is 3.67. The van der Waals surface area contributed by atoms with Gasteiger partial charge < -0.3 is 5.32 Å². The first-order valence-electron chi connectivity index (χ1n) is 6.30. The van der Waals surface area contributed by atoms with Gasteiger partial charge in [0, 0.05) is 18.5 Å². The quantitative estimate of drug-likeness (QED) is 0.874. The Morgan fingerprint density at radius 2 is 2.18 bits per heavy atom. The van der Waals surface area contributed by atoms with Gasteiger partial charge in [0.25, 0.3) is 0 Å². The average Bonchev–Trinajstić information content (AvgIpc) is 2.55. The highest BCUT2D eigenvalue weighted by Crippen LogP contribution is 2.33. The molecule has 0 spiro atoms. The molecule has 1 N–H and O–H groups in total. The Kier molecular flexibility index (Phi) is 5.20. The normalized spacial score (nSPS) is 14.0. The standard InChI is InChI=1S/C13H24BrN3/c1-6-7-15-10(2)8-13(3,4)12-11(14)9-16-17(12)5/h9-10,15H,6-8H2,1-5H3. The molecule has 1 unspecified atom stereocenters. The van der Waals surface area contributed by atoms with Crippen LogP contribution >= 0.6 is 15.9 Å². The summed E-state index contributed by atoms with van der Waals surface area (Å²) < 4.78 is 3.07. The molecule has 0 bridgehead atoms. The molecule has 17 heavy (non-hydrogen) atoms. The summed E-state index contributed by atoms with van der Waals surface area (Å²) in [5.41, 5.74) is 1.38. The summed E-state index contributed by atoms with van der Waals surface area (Å²) in [6, 6.07) is 0.520. The summed E-state index contributed by atoms with van der Waals surface area (Å²) in [6.45, 7) is 10.1. The summed E-state index contributed by atoms with van der Waals surface area (Å²) in [6.07, 6.45) is 4.16. The number of nitrogens with one attached hydrogen (secondary N) is 1. The second-order valence-corrected chi connectivity index (χ2v) is 6.26. The van der Waals surface area contributed by atoms with Gasteiger partial charge in [-0.15, -0.1) is 0 Å². The van der Waals surface area contributed by atoms with Crippen LogP contribution in [0.2, 0.25) is 0 Å². The number of hydrogen-bond acceptors (Lipinski definition) is 2. The molecule has 98 valence electrons. The van der Waals surface area contributed by atoms with Gasteiger partial charge in [0.2, 0.25) is 0 Å². The first-order chi connectivity index (χ1) is 7.88. The van der Waals surface area contributed by atoms with Gasteiger partial charge in [-0.2, -0.15) is 5.10 Å². The second-order valence-electron chi connectivity index (χ2n) is 5.41. The maximum absolute atomic E-state index is 4.30. The predicted molar refractivity (Wildman–Crippen MR) is 76.3 cm³/mol.